The van der Waals surface area contributed by atoms with E-state index in [-0.39, 0.29) is 12.6 Å². The van der Waals surface area contributed by atoms with E-state index in [1.807, 2.05) is 12.5 Å². The monoisotopic (exact) mass is 180 g/mol. The Bertz CT molecular complexity index is 274. The molecule has 1 N–H and O–H groups in total. The van der Waals surface area contributed by atoms with E-state index in [2.05, 4.69) is 16.5 Å². The van der Waals surface area contributed by atoms with Gasteiger partial charge in [0, 0.05) is 17.8 Å². The fourth-order valence-electron chi connectivity index (χ4n) is 1.73. The predicted octanol–water partition coefficient (Wildman–Crippen LogP) is 1.70. The van der Waals surface area contributed by atoms with Gasteiger partial charge < -0.3 is 9.67 Å². The van der Waals surface area contributed by atoms with Crippen molar-refractivity contribution in [1.29, 1.82) is 0 Å². The summed E-state index contributed by atoms with van der Waals surface area (Å²) < 4.78 is 2.14. The number of rotatable bonds is 4. The van der Waals surface area contributed by atoms with E-state index in [1.165, 1.54) is 18.5 Å². The molecule has 0 spiro atoms. The summed E-state index contributed by atoms with van der Waals surface area (Å²) in [5.74, 6) is 0.711. The van der Waals surface area contributed by atoms with Crippen LogP contribution in [-0.4, -0.2) is 21.3 Å². The first-order chi connectivity index (χ1) is 6.36. The van der Waals surface area contributed by atoms with Gasteiger partial charge in [-0.2, -0.15) is 0 Å². The lowest BCUT2D eigenvalue weighted by atomic mass is 10.2. The highest BCUT2D eigenvalue weighted by Gasteiger charge is 2.28. The third-order valence-corrected chi connectivity index (χ3v) is 2.77. The molecule has 3 heteroatoms. The topological polar surface area (TPSA) is 38.0 Å². The van der Waals surface area contributed by atoms with Crippen molar-refractivity contribution in [1.82, 2.24) is 9.55 Å². The van der Waals surface area contributed by atoms with E-state index in [4.69, 9.17) is 0 Å². The molecule has 1 unspecified atom stereocenters. The Morgan fingerprint density at radius 2 is 2.46 bits per heavy atom. The highest BCUT2D eigenvalue weighted by atomic mass is 16.3. The first-order valence-electron chi connectivity index (χ1n) is 4.99. The number of hydrogen-bond donors (Lipinski definition) is 1. The van der Waals surface area contributed by atoms with Gasteiger partial charge >= 0.3 is 0 Å². The molecule has 0 aromatic carbocycles. The Balaban J connectivity index is 2.21. The number of nitrogens with zero attached hydrogens (tertiary/aromatic N) is 2. The molecule has 1 heterocycles. The summed E-state index contributed by atoms with van der Waals surface area (Å²) >= 11 is 0. The lowest BCUT2D eigenvalue weighted by Crippen LogP contribution is -2.13. The average molecular weight is 180 g/mol. The third-order valence-electron chi connectivity index (χ3n) is 2.77. The van der Waals surface area contributed by atoms with Gasteiger partial charge in [0.15, 0.2) is 0 Å². The minimum atomic E-state index is 0.215. The van der Waals surface area contributed by atoms with Gasteiger partial charge in [-0.1, -0.05) is 6.92 Å². The summed E-state index contributed by atoms with van der Waals surface area (Å²) in [6.45, 7) is 2.31. The first kappa shape index (κ1) is 8.75. The van der Waals surface area contributed by atoms with Crippen LogP contribution in [0.3, 0.4) is 0 Å². The quantitative estimate of drug-likeness (QED) is 0.766. The predicted molar refractivity (Wildman–Crippen MR) is 50.6 cm³/mol. The maximum absolute atomic E-state index is 9.18. The zero-order chi connectivity index (χ0) is 9.26. The van der Waals surface area contributed by atoms with Crippen LogP contribution in [0.25, 0.3) is 0 Å². The molecule has 13 heavy (non-hydrogen) atoms. The minimum Gasteiger partial charge on any atom is -0.394 e. The van der Waals surface area contributed by atoms with Crippen LogP contribution in [0.2, 0.25) is 0 Å². The smallest absolute Gasteiger partial charge is 0.0951 e. The Kier molecular flexibility index (Phi) is 2.36. The molecule has 0 radical (unpaired) electrons. The van der Waals surface area contributed by atoms with E-state index in [1.54, 1.807) is 0 Å². The Morgan fingerprint density at radius 3 is 3.00 bits per heavy atom. The van der Waals surface area contributed by atoms with Crippen molar-refractivity contribution < 1.29 is 5.11 Å². The molecule has 2 rings (SSSR count). The van der Waals surface area contributed by atoms with Gasteiger partial charge in [0.1, 0.15) is 0 Å². The van der Waals surface area contributed by atoms with Crippen molar-refractivity contribution in [2.75, 3.05) is 6.61 Å². The second-order valence-electron chi connectivity index (χ2n) is 3.74. The number of aliphatic hydroxyl groups is 1. The van der Waals surface area contributed by atoms with E-state index in [0.29, 0.717) is 5.92 Å². The molecular formula is C10H16N2O. The SMILES string of the molecule is CCC(CO)n1cncc1C1CC1. The Hall–Kier alpha value is -0.830. The number of aromatic nitrogens is 2. The molecule has 1 atom stereocenters. The molecule has 72 valence electrons. The molecule has 1 fully saturated rings. The van der Waals surface area contributed by atoms with E-state index < -0.39 is 0 Å². The van der Waals surface area contributed by atoms with Gasteiger partial charge in [0.25, 0.3) is 0 Å². The zero-order valence-corrected chi connectivity index (χ0v) is 7.98. The number of imidazole rings is 1. The summed E-state index contributed by atoms with van der Waals surface area (Å²) in [7, 11) is 0. The molecule has 1 aromatic rings. The van der Waals surface area contributed by atoms with Crippen molar-refractivity contribution in [2.45, 2.75) is 38.1 Å². The molecule has 0 saturated heterocycles. The fourth-order valence-corrected chi connectivity index (χ4v) is 1.73. The van der Waals surface area contributed by atoms with Crippen molar-refractivity contribution in [3.05, 3.63) is 18.2 Å². The average Bonchev–Trinajstić information content (AvgIpc) is 2.89. The van der Waals surface area contributed by atoms with Gasteiger partial charge in [0.05, 0.1) is 19.0 Å². The highest BCUT2D eigenvalue weighted by molar-refractivity contribution is 5.13. The zero-order valence-electron chi connectivity index (χ0n) is 7.98. The third kappa shape index (κ3) is 1.61. The lowest BCUT2D eigenvalue weighted by molar-refractivity contribution is 0.222. The van der Waals surface area contributed by atoms with Gasteiger partial charge in [-0.25, -0.2) is 4.98 Å². The molecule has 1 saturated carbocycles. The summed E-state index contributed by atoms with van der Waals surface area (Å²) in [5, 5.41) is 9.18. The maximum Gasteiger partial charge on any atom is 0.0951 e. The normalized spacial score (nSPS) is 18.9. The molecule has 0 bridgehead atoms. The molecule has 1 aliphatic rings. The van der Waals surface area contributed by atoms with Crippen LogP contribution in [0.5, 0.6) is 0 Å². The maximum atomic E-state index is 9.18. The van der Waals surface area contributed by atoms with Gasteiger partial charge in [-0.15, -0.1) is 0 Å². The molecule has 0 amide bonds. The van der Waals surface area contributed by atoms with Crippen molar-refractivity contribution in [3.63, 3.8) is 0 Å². The molecule has 1 aliphatic carbocycles. The summed E-state index contributed by atoms with van der Waals surface area (Å²) in [4.78, 5) is 4.15. The van der Waals surface area contributed by atoms with Crippen LogP contribution in [0.4, 0.5) is 0 Å². The van der Waals surface area contributed by atoms with Gasteiger partial charge in [0.2, 0.25) is 0 Å². The van der Waals surface area contributed by atoms with Crippen LogP contribution in [0.15, 0.2) is 12.5 Å². The molecule has 0 aliphatic heterocycles. The second kappa shape index (κ2) is 3.50. The summed E-state index contributed by atoms with van der Waals surface area (Å²) in [6, 6.07) is 0.220. The van der Waals surface area contributed by atoms with E-state index >= 15 is 0 Å². The minimum absolute atomic E-state index is 0.215. The van der Waals surface area contributed by atoms with Crippen LogP contribution in [-0.2, 0) is 0 Å². The first-order valence-corrected chi connectivity index (χ1v) is 4.99. The van der Waals surface area contributed by atoms with Crippen LogP contribution < -0.4 is 0 Å². The Labute approximate surface area is 78.4 Å². The van der Waals surface area contributed by atoms with Crippen molar-refractivity contribution in [2.24, 2.45) is 0 Å². The molecule has 3 nitrogen and oxygen atoms in total. The number of hydrogen-bond acceptors (Lipinski definition) is 2. The lowest BCUT2D eigenvalue weighted by Gasteiger charge is -2.16. The van der Waals surface area contributed by atoms with Crippen molar-refractivity contribution in [3.8, 4) is 0 Å². The standard InChI is InChI=1S/C10H16N2O/c1-2-9(6-13)12-7-11-5-10(12)8-3-4-8/h5,7-9,13H,2-4,6H2,1H3. The van der Waals surface area contributed by atoms with Gasteiger partial charge in [-0.05, 0) is 19.3 Å². The Morgan fingerprint density at radius 1 is 1.69 bits per heavy atom. The second-order valence-corrected chi connectivity index (χ2v) is 3.74. The largest absolute Gasteiger partial charge is 0.394 e. The van der Waals surface area contributed by atoms with Crippen molar-refractivity contribution >= 4 is 0 Å². The van der Waals surface area contributed by atoms with Crippen LogP contribution in [0.1, 0.15) is 43.8 Å². The summed E-state index contributed by atoms with van der Waals surface area (Å²) in [5.41, 5.74) is 1.31. The summed E-state index contributed by atoms with van der Waals surface area (Å²) in [6.07, 6.45) is 7.32. The van der Waals surface area contributed by atoms with Crippen LogP contribution in [0, 0.1) is 0 Å². The number of aliphatic hydroxyl groups excluding tert-OH is 1. The van der Waals surface area contributed by atoms with Crippen LogP contribution >= 0.6 is 0 Å². The highest BCUT2D eigenvalue weighted by Crippen LogP contribution is 2.40. The van der Waals surface area contributed by atoms with E-state index in [9.17, 15) is 5.11 Å². The van der Waals surface area contributed by atoms with E-state index in [0.717, 1.165) is 6.42 Å². The molecule has 1 aromatic heterocycles. The fraction of sp³-hybridized carbons (Fsp3) is 0.700. The van der Waals surface area contributed by atoms with Gasteiger partial charge in [-0.3, -0.25) is 0 Å². The molecular weight excluding hydrogens is 164 g/mol.